The highest BCUT2D eigenvalue weighted by Crippen LogP contribution is 2.12. The van der Waals surface area contributed by atoms with Crippen molar-refractivity contribution in [3.8, 4) is 0 Å². The van der Waals surface area contributed by atoms with Gasteiger partial charge in [-0.25, -0.2) is 4.79 Å². The highest BCUT2D eigenvalue weighted by atomic mass is 35.5. The minimum absolute atomic E-state index is 0.288. The summed E-state index contributed by atoms with van der Waals surface area (Å²) in [5.74, 6) is -0.617. The van der Waals surface area contributed by atoms with Crippen molar-refractivity contribution in [2.75, 3.05) is 0 Å². The molecule has 0 amide bonds. The second-order valence-electron chi connectivity index (χ2n) is 4.42. The van der Waals surface area contributed by atoms with Gasteiger partial charge < -0.3 is 0 Å². The van der Waals surface area contributed by atoms with E-state index >= 15 is 0 Å². The molecule has 5 heteroatoms. The van der Waals surface area contributed by atoms with Gasteiger partial charge in [-0.15, -0.1) is 0 Å². The van der Waals surface area contributed by atoms with Crippen molar-refractivity contribution in [3.05, 3.63) is 35.4 Å². The molecule has 0 aromatic heterocycles. The lowest BCUT2D eigenvalue weighted by Gasteiger charge is -2.16. The molecule has 0 unspecified atom stereocenters. The molecule has 0 aliphatic heterocycles. The number of halogens is 1. The Hall–Kier alpha value is -1.39. The van der Waals surface area contributed by atoms with Crippen LogP contribution in [0.3, 0.4) is 0 Å². The lowest BCUT2D eigenvalue weighted by Crippen LogP contribution is -2.21. The van der Waals surface area contributed by atoms with Crippen molar-refractivity contribution in [1.82, 2.24) is 0 Å². The zero-order valence-electron chi connectivity index (χ0n) is 9.82. The van der Waals surface area contributed by atoms with E-state index in [9.17, 15) is 9.59 Å². The van der Waals surface area contributed by atoms with Crippen LogP contribution in [-0.4, -0.2) is 16.8 Å². The highest BCUT2D eigenvalue weighted by Gasteiger charge is 2.16. The molecular formula is C12H13ClO4. The molecule has 0 saturated heterocycles. The van der Waals surface area contributed by atoms with E-state index < -0.39 is 16.8 Å². The maximum atomic E-state index is 11.5. The molecule has 0 radical (unpaired) electrons. The van der Waals surface area contributed by atoms with Gasteiger partial charge in [0.15, 0.2) is 0 Å². The second kappa shape index (κ2) is 5.29. The van der Waals surface area contributed by atoms with E-state index in [4.69, 9.17) is 16.5 Å². The summed E-state index contributed by atoms with van der Waals surface area (Å²) in [5, 5.41) is -0.573. The summed E-state index contributed by atoms with van der Waals surface area (Å²) in [6.45, 7) is 5.28. The minimum Gasteiger partial charge on any atom is -0.292 e. The molecule has 1 rings (SSSR count). The Bertz CT molecular complexity index is 417. The Morgan fingerprint density at radius 1 is 1.06 bits per heavy atom. The van der Waals surface area contributed by atoms with Gasteiger partial charge in [0, 0.05) is 5.56 Å². The number of carbonyl (C=O) groups is 2. The summed E-state index contributed by atoms with van der Waals surface area (Å²) < 4.78 is 0. The van der Waals surface area contributed by atoms with Gasteiger partial charge >= 0.3 is 5.97 Å². The van der Waals surface area contributed by atoms with E-state index in [2.05, 4.69) is 4.89 Å². The molecule has 1 aromatic carbocycles. The molecule has 4 nitrogen and oxygen atoms in total. The lowest BCUT2D eigenvalue weighted by molar-refractivity contribution is -0.301. The summed E-state index contributed by atoms with van der Waals surface area (Å²) in [5.41, 5.74) is 0.0395. The molecule has 0 atom stereocenters. The topological polar surface area (TPSA) is 52.6 Å². The molecule has 17 heavy (non-hydrogen) atoms. The molecule has 0 N–H and O–H groups in total. The first-order chi connectivity index (χ1) is 7.79. The van der Waals surface area contributed by atoms with Crippen LogP contribution in [0.15, 0.2) is 24.3 Å². The fraction of sp³-hybridized carbons (Fsp3) is 0.333. The average molecular weight is 257 g/mol. The third kappa shape index (κ3) is 4.54. The van der Waals surface area contributed by atoms with E-state index in [0.29, 0.717) is 5.56 Å². The van der Waals surface area contributed by atoms with Crippen molar-refractivity contribution in [1.29, 1.82) is 0 Å². The fourth-order valence-electron chi connectivity index (χ4n) is 0.948. The molecule has 0 spiro atoms. The van der Waals surface area contributed by atoms with E-state index in [0.717, 1.165) is 0 Å². The average Bonchev–Trinajstić information content (AvgIpc) is 2.25. The minimum atomic E-state index is -0.617. The maximum Gasteiger partial charge on any atom is 0.373 e. The smallest absolute Gasteiger partial charge is 0.292 e. The second-order valence-corrected chi connectivity index (χ2v) is 4.76. The quantitative estimate of drug-likeness (QED) is 0.474. The van der Waals surface area contributed by atoms with Gasteiger partial charge in [0.2, 0.25) is 0 Å². The summed E-state index contributed by atoms with van der Waals surface area (Å²) in [4.78, 5) is 31.8. The first-order valence-corrected chi connectivity index (χ1v) is 5.37. The summed E-state index contributed by atoms with van der Waals surface area (Å²) in [6, 6.07) is 5.79. The predicted molar refractivity (Wildman–Crippen MR) is 62.9 cm³/mol. The standard InChI is InChI=1S/C12H13ClO4/c1-12(2,3)17-16-11(15)9-6-4-8(5-7-9)10(13)14/h4-7H,1-3H3. The van der Waals surface area contributed by atoms with Gasteiger partial charge in [0.1, 0.15) is 5.60 Å². The van der Waals surface area contributed by atoms with Gasteiger partial charge in [-0.05, 0) is 56.6 Å². The van der Waals surface area contributed by atoms with Crippen molar-refractivity contribution < 1.29 is 19.4 Å². The molecule has 0 heterocycles. The highest BCUT2D eigenvalue weighted by molar-refractivity contribution is 6.67. The van der Waals surface area contributed by atoms with Crippen molar-refractivity contribution in [2.24, 2.45) is 0 Å². The Labute approximate surface area is 104 Å². The van der Waals surface area contributed by atoms with Gasteiger partial charge in [-0.2, -0.15) is 4.89 Å². The van der Waals surface area contributed by atoms with Crippen LogP contribution in [0.2, 0.25) is 0 Å². The molecule has 0 aliphatic carbocycles. The molecule has 0 fully saturated rings. The fourth-order valence-corrected chi connectivity index (χ4v) is 1.07. The molecule has 0 aliphatic rings. The lowest BCUT2D eigenvalue weighted by atomic mass is 10.1. The Balaban J connectivity index is 2.67. The molecular weight excluding hydrogens is 244 g/mol. The largest absolute Gasteiger partial charge is 0.373 e. The monoisotopic (exact) mass is 256 g/mol. The number of hydrogen-bond acceptors (Lipinski definition) is 4. The molecule has 92 valence electrons. The van der Waals surface area contributed by atoms with Gasteiger partial charge in [0.25, 0.3) is 5.24 Å². The predicted octanol–water partition coefficient (Wildman–Crippen LogP) is 2.95. The van der Waals surface area contributed by atoms with Gasteiger partial charge in [0.05, 0.1) is 5.56 Å². The van der Waals surface area contributed by atoms with Crippen LogP contribution < -0.4 is 0 Å². The Kier molecular flexibility index (Phi) is 4.26. The van der Waals surface area contributed by atoms with Crippen molar-refractivity contribution >= 4 is 22.8 Å². The van der Waals surface area contributed by atoms with E-state index in [1.54, 1.807) is 20.8 Å². The molecule has 0 saturated carbocycles. The van der Waals surface area contributed by atoms with Crippen molar-refractivity contribution in [3.63, 3.8) is 0 Å². The molecule has 1 aromatic rings. The zero-order chi connectivity index (χ0) is 13.1. The number of carbonyl (C=O) groups excluding carboxylic acids is 2. The van der Waals surface area contributed by atoms with Crippen LogP contribution >= 0.6 is 11.6 Å². The summed E-state index contributed by atoms with van der Waals surface area (Å²) in [6.07, 6.45) is 0. The summed E-state index contributed by atoms with van der Waals surface area (Å²) in [7, 11) is 0. The third-order valence-corrected chi connectivity index (χ3v) is 1.93. The van der Waals surface area contributed by atoms with Crippen LogP contribution in [0.1, 0.15) is 41.5 Å². The number of hydrogen-bond donors (Lipinski definition) is 0. The zero-order valence-corrected chi connectivity index (χ0v) is 10.6. The van der Waals surface area contributed by atoms with Gasteiger partial charge in [-0.3, -0.25) is 9.68 Å². The number of rotatable bonds is 3. The van der Waals surface area contributed by atoms with E-state index in [1.807, 2.05) is 0 Å². The Morgan fingerprint density at radius 3 is 1.94 bits per heavy atom. The summed E-state index contributed by atoms with van der Waals surface area (Å²) >= 11 is 5.28. The molecule has 0 bridgehead atoms. The van der Waals surface area contributed by atoms with Crippen LogP contribution in [0.25, 0.3) is 0 Å². The van der Waals surface area contributed by atoms with Crippen molar-refractivity contribution in [2.45, 2.75) is 26.4 Å². The Morgan fingerprint density at radius 2 is 1.53 bits per heavy atom. The number of benzene rings is 1. The normalized spacial score (nSPS) is 11.1. The first kappa shape index (κ1) is 13.7. The van der Waals surface area contributed by atoms with E-state index in [-0.39, 0.29) is 5.56 Å². The van der Waals surface area contributed by atoms with Crippen LogP contribution in [0.4, 0.5) is 0 Å². The van der Waals surface area contributed by atoms with Crippen LogP contribution in [-0.2, 0) is 9.78 Å². The third-order valence-electron chi connectivity index (χ3n) is 1.71. The SMILES string of the molecule is CC(C)(C)OOC(=O)c1ccc(C(=O)Cl)cc1. The van der Waals surface area contributed by atoms with Crippen LogP contribution in [0.5, 0.6) is 0 Å². The van der Waals surface area contributed by atoms with Crippen LogP contribution in [0, 0.1) is 0 Å². The van der Waals surface area contributed by atoms with Gasteiger partial charge in [-0.1, -0.05) is 0 Å². The maximum absolute atomic E-state index is 11.5. The van der Waals surface area contributed by atoms with E-state index in [1.165, 1.54) is 24.3 Å². The first-order valence-electron chi connectivity index (χ1n) is 4.99.